The summed E-state index contributed by atoms with van der Waals surface area (Å²) in [7, 11) is 1.30. The van der Waals surface area contributed by atoms with E-state index in [1.165, 1.54) is 23.8 Å². The molecule has 0 bridgehead atoms. The normalized spacial score (nSPS) is 16.5. The van der Waals surface area contributed by atoms with Crippen LogP contribution in [0.3, 0.4) is 0 Å². The first-order chi connectivity index (χ1) is 19.3. The Hall–Kier alpha value is -3.57. The molecule has 0 aliphatic carbocycles. The zero-order chi connectivity index (χ0) is 30.3. The third-order valence-corrected chi connectivity index (χ3v) is 7.49. The van der Waals surface area contributed by atoms with Crippen molar-refractivity contribution in [1.82, 2.24) is 15.5 Å². The van der Waals surface area contributed by atoms with Gasteiger partial charge in [0.25, 0.3) is 11.8 Å². The molecule has 0 aromatic heterocycles. The molecule has 3 rings (SSSR count). The smallest absolute Gasteiger partial charge is 0.337 e. The molecular formula is C30H39N3O7S. The van der Waals surface area contributed by atoms with Crippen LogP contribution < -0.4 is 15.4 Å². The molecule has 3 atom stereocenters. The Morgan fingerprint density at radius 1 is 1.10 bits per heavy atom. The molecule has 0 saturated carbocycles. The Labute approximate surface area is 245 Å². The number of hydrogen-bond donors (Lipinski definition) is 3. The van der Waals surface area contributed by atoms with Crippen molar-refractivity contribution in [2.24, 2.45) is 0 Å². The van der Waals surface area contributed by atoms with E-state index in [1.54, 1.807) is 26.0 Å². The lowest BCUT2D eigenvalue weighted by Crippen LogP contribution is -2.58. The SMILES string of the molecule is COC(=O)c1cc(C)c(OCC(=O)N[C@@H](Cc2ccccc2)[C@H](O)C(=O)N2CSC[C@H]2C(=O)NC(C)(C)C)c(C)c1. The van der Waals surface area contributed by atoms with E-state index in [9.17, 15) is 24.3 Å². The summed E-state index contributed by atoms with van der Waals surface area (Å²) in [6.45, 7) is 8.72. The number of aliphatic hydroxyl groups excluding tert-OH is 1. The lowest BCUT2D eigenvalue weighted by atomic mass is 9.99. The zero-order valence-corrected chi connectivity index (χ0v) is 25.2. The second-order valence-electron chi connectivity index (χ2n) is 11.1. The minimum atomic E-state index is -1.59. The van der Waals surface area contributed by atoms with Gasteiger partial charge in [0.05, 0.1) is 24.6 Å². The fourth-order valence-corrected chi connectivity index (χ4v) is 5.75. The average Bonchev–Trinajstić information content (AvgIpc) is 3.41. The molecule has 41 heavy (non-hydrogen) atoms. The van der Waals surface area contributed by atoms with E-state index in [2.05, 4.69) is 10.6 Å². The van der Waals surface area contributed by atoms with Gasteiger partial charge in [-0.25, -0.2) is 4.79 Å². The van der Waals surface area contributed by atoms with Gasteiger partial charge in [-0.15, -0.1) is 11.8 Å². The minimum Gasteiger partial charge on any atom is -0.483 e. The third kappa shape index (κ3) is 8.71. The predicted molar refractivity (Wildman–Crippen MR) is 157 cm³/mol. The number of carbonyl (C=O) groups is 4. The first kappa shape index (κ1) is 32.0. The van der Waals surface area contributed by atoms with E-state index >= 15 is 0 Å². The monoisotopic (exact) mass is 585 g/mol. The van der Waals surface area contributed by atoms with Crippen molar-refractivity contribution in [1.29, 1.82) is 0 Å². The Kier molecular flexibility index (Phi) is 10.8. The lowest BCUT2D eigenvalue weighted by molar-refractivity contribution is -0.147. The van der Waals surface area contributed by atoms with Crippen molar-refractivity contribution in [3.8, 4) is 5.75 Å². The van der Waals surface area contributed by atoms with E-state index < -0.39 is 41.5 Å². The number of ether oxygens (including phenoxy) is 2. The van der Waals surface area contributed by atoms with E-state index in [4.69, 9.17) is 9.47 Å². The van der Waals surface area contributed by atoms with Crippen molar-refractivity contribution in [2.75, 3.05) is 25.3 Å². The first-order valence-corrected chi connectivity index (χ1v) is 14.5. The highest BCUT2D eigenvalue weighted by Gasteiger charge is 2.40. The van der Waals surface area contributed by atoms with Crippen LogP contribution in [0.25, 0.3) is 0 Å². The first-order valence-electron chi connectivity index (χ1n) is 13.3. The van der Waals surface area contributed by atoms with Gasteiger partial charge in [0.1, 0.15) is 11.8 Å². The second kappa shape index (κ2) is 13.9. The summed E-state index contributed by atoms with van der Waals surface area (Å²) in [4.78, 5) is 52.6. The Morgan fingerprint density at radius 2 is 1.73 bits per heavy atom. The van der Waals surface area contributed by atoms with Gasteiger partial charge in [-0.05, 0) is 69.9 Å². The summed E-state index contributed by atoms with van der Waals surface area (Å²) >= 11 is 1.43. The van der Waals surface area contributed by atoms with Gasteiger partial charge in [0.2, 0.25) is 5.91 Å². The maximum absolute atomic E-state index is 13.5. The van der Waals surface area contributed by atoms with Crippen LogP contribution in [0.4, 0.5) is 0 Å². The van der Waals surface area contributed by atoms with Crippen molar-refractivity contribution < 1.29 is 33.8 Å². The summed E-state index contributed by atoms with van der Waals surface area (Å²) in [6.07, 6.45) is -1.41. The van der Waals surface area contributed by atoms with Gasteiger partial charge in [0, 0.05) is 11.3 Å². The van der Waals surface area contributed by atoms with Crippen molar-refractivity contribution in [2.45, 2.75) is 64.8 Å². The molecule has 2 aromatic carbocycles. The molecule has 1 aliphatic rings. The Bertz CT molecular complexity index is 1240. The van der Waals surface area contributed by atoms with Crippen LogP contribution in [0, 0.1) is 13.8 Å². The van der Waals surface area contributed by atoms with Gasteiger partial charge < -0.3 is 30.1 Å². The van der Waals surface area contributed by atoms with Gasteiger partial charge in [-0.1, -0.05) is 30.3 Å². The summed E-state index contributed by atoms with van der Waals surface area (Å²) < 4.78 is 10.6. The Balaban J connectivity index is 1.74. The van der Waals surface area contributed by atoms with Crippen LogP contribution in [0.5, 0.6) is 5.75 Å². The maximum atomic E-state index is 13.5. The average molecular weight is 586 g/mol. The van der Waals surface area contributed by atoms with Crippen molar-refractivity contribution in [3.63, 3.8) is 0 Å². The molecule has 1 fully saturated rings. The number of benzene rings is 2. The van der Waals surface area contributed by atoms with E-state index in [0.29, 0.717) is 28.2 Å². The molecule has 0 unspecified atom stereocenters. The number of hydrogen-bond acceptors (Lipinski definition) is 8. The predicted octanol–water partition coefficient (Wildman–Crippen LogP) is 2.37. The van der Waals surface area contributed by atoms with Gasteiger partial charge >= 0.3 is 5.97 Å². The fraction of sp³-hybridized carbons (Fsp3) is 0.467. The standard InChI is InChI=1S/C30H39N3O7S/c1-18-12-21(29(38)39-6)13-19(2)26(18)40-15-24(34)31-22(14-20-10-8-7-9-11-20)25(35)28(37)33-17-41-16-23(33)27(36)32-30(3,4)5/h7-13,22-23,25,35H,14-17H2,1-6H3,(H,31,34)(H,32,36)/t22-,23-,25-/m0/s1. The number of esters is 1. The number of carbonyl (C=O) groups excluding carboxylic acids is 4. The summed E-state index contributed by atoms with van der Waals surface area (Å²) in [5.74, 6) is -0.805. The molecule has 10 nitrogen and oxygen atoms in total. The van der Waals surface area contributed by atoms with Crippen LogP contribution >= 0.6 is 11.8 Å². The minimum absolute atomic E-state index is 0.186. The number of aliphatic hydroxyl groups is 1. The molecule has 2 aromatic rings. The number of nitrogens with one attached hydrogen (secondary N) is 2. The lowest BCUT2D eigenvalue weighted by Gasteiger charge is -2.31. The van der Waals surface area contributed by atoms with Crippen LogP contribution in [0.2, 0.25) is 0 Å². The maximum Gasteiger partial charge on any atom is 0.337 e. The highest BCUT2D eigenvalue weighted by Crippen LogP contribution is 2.26. The summed E-state index contributed by atoms with van der Waals surface area (Å²) in [5, 5.41) is 16.9. The second-order valence-corrected chi connectivity index (χ2v) is 12.1. The van der Waals surface area contributed by atoms with Gasteiger partial charge in [-0.3, -0.25) is 14.4 Å². The molecule has 222 valence electrons. The van der Waals surface area contributed by atoms with E-state index in [0.717, 1.165) is 5.56 Å². The summed E-state index contributed by atoms with van der Waals surface area (Å²) in [6, 6.07) is 10.7. The molecule has 3 amide bonds. The fourth-order valence-electron chi connectivity index (χ4n) is 4.58. The molecule has 1 saturated heterocycles. The highest BCUT2D eigenvalue weighted by atomic mass is 32.2. The van der Waals surface area contributed by atoms with E-state index in [-0.39, 0.29) is 24.8 Å². The topological polar surface area (TPSA) is 134 Å². The Morgan fingerprint density at radius 3 is 2.32 bits per heavy atom. The van der Waals surface area contributed by atoms with Crippen LogP contribution in [0.1, 0.15) is 47.8 Å². The number of amides is 3. The number of rotatable bonds is 10. The van der Waals surface area contributed by atoms with Gasteiger partial charge in [0.15, 0.2) is 12.7 Å². The van der Waals surface area contributed by atoms with Crippen molar-refractivity contribution >= 4 is 35.5 Å². The number of aryl methyl sites for hydroxylation is 2. The molecule has 1 heterocycles. The van der Waals surface area contributed by atoms with Crippen LogP contribution in [-0.4, -0.2) is 82.8 Å². The van der Waals surface area contributed by atoms with Crippen LogP contribution in [0.15, 0.2) is 42.5 Å². The molecule has 1 aliphatic heterocycles. The number of thioether (sulfide) groups is 1. The molecule has 0 spiro atoms. The summed E-state index contributed by atoms with van der Waals surface area (Å²) in [5.41, 5.74) is 2.02. The molecule has 0 radical (unpaired) electrons. The number of nitrogens with zero attached hydrogens (tertiary/aromatic N) is 1. The largest absolute Gasteiger partial charge is 0.483 e. The van der Waals surface area contributed by atoms with Crippen molar-refractivity contribution in [3.05, 3.63) is 64.7 Å². The highest BCUT2D eigenvalue weighted by molar-refractivity contribution is 7.99. The molecule has 11 heteroatoms. The van der Waals surface area contributed by atoms with E-state index in [1.807, 2.05) is 51.1 Å². The quantitative estimate of drug-likeness (QED) is 0.362. The number of methoxy groups -OCH3 is 1. The van der Waals surface area contributed by atoms with Gasteiger partial charge in [-0.2, -0.15) is 0 Å². The molecular weight excluding hydrogens is 546 g/mol. The zero-order valence-electron chi connectivity index (χ0n) is 24.4. The van der Waals surface area contributed by atoms with Crippen LogP contribution in [-0.2, 0) is 25.5 Å². The third-order valence-electron chi connectivity index (χ3n) is 6.47. The molecule has 3 N–H and O–H groups in total.